The first-order valence-corrected chi connectivity index (χ1v) is 7.59. The Bertz CT molecular complexity index is 550. The van der Waals surface area contributed by atoms with Gasteiger partial charge in [0.15, 0.2) is 0 Å². The highest BCUT2D eigenvalue weighted by Gasteiger charge is 2.12. The molecule has 0 bridgehead atoms. The molecular formula is C14H20N4S. The largest absolute Gasteiger partial charge is 0.214 e. The molecule has 0 fully saturated rings. The number of hydrogen-bond acceptors (Lipinski definition) is 4. The highest BCUT2D eigenvalue weighted by molar-refractivity contribution is 7.99. The molecule has 19 heavy (non-hydrogen) atoms. The van der Waals surface area contributed by atoms with Crippen molar-refractivity contribution < 1.29 is 0 Å². The monoisotopic (exact) mass is 276 g/mol. The molecule has 0 N–H and O–H groups in total. The average Bonchev–Trinajstić information content (AvgIpc) is 2.84. The van der Waals surface area contributed by atoms with E-state index in [4.69, 9.17) is 0 Å². The summed E-state index contributed by atoms with van der Waals surface area (Å²) in [7, 11) is 0. The van der Waals surface area contributed by atoms with E-state index < -0.39 is 0 Å². The molecule has 0 radical (unpaired) electrons. The molecule has 0 spiro atoms. The molecule has 0 aliphatic carbocycles. The Balaban J connectivity index is 2.23. The second-order valence-corrected chi connectivity index (χ2v) is 5.97. The Morgan fingerprint density at radius 3 is 2.79 bits per heavy atom. The first kappa shape index (κ1) is 14.1. The highest BCUT2D eigenvalue weighted by atomic mass is 32.2. The number of aryl methyl sites for hydroxylation is 2. The van der Waals surface area contributed by atoms with Crippen molar-refractivity contribution in [1.29, 1.82) is 0 Å². The van der Waals surface area contributed by atoms with Crippen LogP contribution >= 0.6 is 11.8 Å². The maximum atomic E-state index is 4.13. The van der Waals surface area contributed by atoms with Gasteiger partial charge >= 0.3 is 0 Å². The van der Waals surface area contributed by atoms with Crippen LogP contribution in [-0.4, -0.2) is 26.0 Å². The molecule has 4 nitrogen and oxygen atoms in total. The fourth-order valence-corrected chi connectivity index (χ4v) is 2.82. The van der Waals surface area contributed by atoms with Crippen LogP contribution in [0.3, 0.4) is 0 Å². The van der Waals surface area contributed by atoms with Crippen LogP contribution in [-0.2, 0) is 0 Å². The summed E-state index contributed by atoms with van der Waals surface area (Å²) in [6.07, 6.45) is 1.18. The van der Waals surface area contributed by atoms with Crippen molar-refractivity contribution in [2.75, 3.05) is 5.75 Å². The van der Waals surface area contributed by atoms with E-state index in [2.05, 4.69) is 61.4 Å². The van der Waals surface area contributed by atoms with Crippen molar-refractivity contribution >= 4 is 11.8 Å². The van der Waals surface area contributed by atoms with Crippen molar-refractivity contribution in [3.05, 3.63) is 29.3 Å². The standard InChI is InChI=1S/C14H20N4S/c1-5-10(2)9-19-14-15-16-17-18(14)13-7-6-11(3)8-12(13)4/h6-8,10H,5,9H2,1-4H3/t10-/m1/s1. The second kappa shape index (κ2) is 6.19. The van der Waals surface area contributed by atoms with Crippen LogP contribution in [0.1, 0.15) is 31.4 Å². The lowest BCUT2D eigenvalue weighted by Gasteiger charge is -2.10. The molecule has 0 saturated carbocycles. The zero-order chi connectivity index (χ0) is 13.8. The third kappa shape index (κ3) is 3.35. The average molecular weight is 276 g/mol. The summed E-state index contributed by atoms with van der Waals surface area (Å²) >= 11 is 1.72. The van der Waals surface area contributed by atoms with E-state index in [0.29, 0.717) is 5.92 Å². The molecule has 1 atom stereocenters. The van der Waals surface area contributed by atoms with E-state index in [9.17, 15) is 0 Å². The highest BCUT2D eigenvalue weighted by Crippen LogP contribution is 2.23. The van der Waals surface area contributed by atoms with Gasteiger partial charge in [-0.1, -0.05) is 49.7 Å². The van der Waals surface area contributed by atoms with Gasteiger partial charge in [0, 0.05) is 5.75 Å². The second-order valence-electron chi connectivity index (χ2n) is 4.99. The Morgan fingerprint density at radius 2 is 2.11 bits per heavy atom. The summed E-state index contributed by atoms with van der Waals surface area (Å²) in [6, 6.07) is 6.32. The van der Waals surface area contributed by atoms with Crippen LogP contribution in [0.2, 0.25) is 0 Å². The van der Waals surface area contributed by atoms with Crippen LogP contribution in [0, 0.1) is 19.8 Å². The quantitative estimate of drug-likeness (QED) is 0.785. The van der Waals surface area contributed by atoms with Crippen molar-refractivity contribution in [2.45, 2.75) is 39.3 Å². The minimum absolute atomic E-state index is 0.675. The topological polar surface area (TPSA) is 43.6 Å². The SMILES string of the molecule is CC[C@@H](C)CSc1nnnn1-c1ccc(C)cc1C. The zero-order valence-electron chi connectivity index (χ0n) is 11.9. The molecule has 1 aromatic heterocycles. The molecule has 1 aromatic carbocycles. The molecule has 0 unspecified atom stereocenters. The lowest BCUT2D eigenvalue weighted by Crippen LogP contribution is -2.03. The van der Waals surface area contributed by atoms with Gasteiger partial charge < -0.3 is 0 Å². The molecule has 1 heterocycles. The van der Waals surface area contributed by atoms with Gasteiger partial charge in [-0.2, -0.15) is 4.68 Å². The third-order valence-electron chi connectivity index (χ3n) is 3.22. The van der Waals surface area contributed by atoms with Gasteiger partial charge in [0.25, 0.3) is 0 Å². The smallest absolute Gasteiger partial charge is 0.187 e. The number of thioether (sulfide) groups is 1. The zero-order valence-corrected chi connectivity index (χ0v) is 12.7. The molecule has 2 rings (SSSR count). The third-order valence-corrected chi connectivity index (χ3v) is 4.46. The Labute approximate surface area is 118 Å². The maximum absolute atomic E-state index is 4.13. The summed E-state index contributed by atoms with van der Waals surface area (Å²) in [6.45, 7) is 8.64. The van der Waals surface area contributed by atoms with Gasteiger partial charge in [-0.25, -0.2) is 0 Å². The Hall–Kier alpha value is -1.36. The van der Waals surface area contributed by atoms with Gasteiger partial charge in [-0.15, -0.1) is 5.10 Å². The number of hydrogen-bond donors (Lipinski definition) is 0. The number of rotatable bonds is 5. The summed E-state index contributed by atoms with van der Waals surface area (Å²) in [5, 5.41) is 12.9. The van der Waals surface area contributed by atoms with Gasteiger partial charge in [0.2, 0.25) is 5.16 Å². The summed E-state index contributed by atoms with van der Waals surface area (Å²) in [5.74, 6) is 1.72. The van der Waals surface area contributed by atoms with Gasteiger partial charge in [0.1, 0.15) is 0 Å². The van der Waals surface area contributed by atoms with Crippen LogP contribution in [0.5, 0.6) is 0 Å². The lowest BCUT2D eigenvalue weighted by atomic mass is 10.1. The van der Waals surface area contributed by atoms with Gasteiger partial charge in [-0.05, 0) is 41.8 Å². The summed E-state index contributed by atoms with van der Waals surface area (Å²) in [5.41, 5.74) is 3.50. The summed E-state index contributed by atoms with van der Waals surface area (Å²) in [4.78, 5) is 0. The number of tetrazole rings is 1. The minimum atomic E-state index is 0.675. The first-order valence-electron chi connectivity index (χ1n) is 6.60. The van der Waals surface area contributed by atoms with E-state index in [0.717, 1.165) is 16.6 Å². The van der Waals surface area contributed by atoms with E-state index in [1.807, 2.05) is 4.68 Å². The molecule has 2 aromatic rings. The lowest BCUT2D eigenvalue weighted by molar-refractivity contribution is 0.635. The fourth-order valence-electron chi connectivity index (χ4n) is 1.80. The molecular weight excluding hydrogens is 256 g/mol. The molecule has 0 aliphatic rings. The molecule has 102 valence electrons. The van der Waals surface area contributed by atoms with Crippen LogP contribution in [0.4, 0.5) is 0 Å². The summed E-state index contributed by atoms with van der Waals surface area (Å²) < 4.78 is 1.84. The van der Waals surface area contributed by atoms with E-state index in [1.165, 1.54) is 17.5 Å². The number of benzene rings is 1. The van der Waals surface area contributed by atoms with Crippen molar-refractivity contribution in [1.82, 2.24) is 20.2 Å². The van der Waals surface area contributed by atoms with E-state index >= 15 is 0 Å². The van der Waals surface area contributed by atoms with E-state index in [1.54, 1.807) is 11.8 Å². The molecule has 0 amide bonds. The molecule has 0 saturated heterocycles. The van der Waals surface area contributed by atoms with E-state index in [-0.39, 0.29) is 0 Å². The number of aromatic nitrogens is 4. The molecule has 5 heteroatoms. The number of nitrogens with zero attached hydrogens (tertiary/aromatic N) is 4. The maximum Gasteiger partial charge on any atom is 0.214 e. The van der Waals surface area contributed by atoms with Crippen molar-refractivity contribution in [2.24, 2.45) is 5.92 Å². The van der Waals surface area contributed by atoms with Gasteiger partial charge in [0.05, 0.1) is 5.69 Å². The first-order chi connectivity index (χ1) is 9.11. The van der Waals surface area contributed by atoms with Crippen molar-refractivity contribution in [3.63, 3.8) is 0 Å². The predicted molar refractivity (Wildman–Crippen MR) is 78.8 cm³/mol. The van der Waals surface area contributed by atoms with Gasteiger partial charge in [-0.3, -0.25) is 0 Å². The van der Waals surface area contributed by atoms with Crippen LogP contribution < -0.4 is 0 Å². The Morgan fingerprint density at radius 1 is 1.32 bits per heavy atom. The van der Waals surface area contributed by atoms with Crippen molar-refractivity contribution in [3.8, 4) is 5.69 Å². The molecule has 0 aliphatic heterocycles. The normalized spacial score (nSPS) is 12.6. The Kier molecular flexibility index (Phi) is 4.58. The predicted octanol–water partition coefficient (Wildman–Crippen LogP) is 3.42. The van der Waals surface area contributed by atoms with Crippen LogP contribution in [0.15, 0.2) is 23.4 Å². The minimum Gasteiger partial charge on any atom is -0.187 e. The fraction of sp³-hybridized carbons (Fsp3) is 0.500. The van der Waals surface area contributed by atoms with Crippen LogP contribution in [0.25, 0.3) is 5.69 Å².